The zero-order valence-electron chi connectivity index (χ0n) is 10.8. The standard InChI is InChI=1S/C12H26N2O2/c1-4-10(3)9-12(5-2,11(15)16)14-8-6-7-13/h10,14H,4-9,13H2,1-3H3,(H,15,16). The minimum atomic E-state index is -0.773. The van der Waals surface area contributed by atoms with Gasteiger partial charge in [-0.2, -0.15) is 0 Å². The molecule has 16 heavy (non-hydrogen) atoms. The van der Waals surface area contributed by atoms with Gasteiger partial charge in [0.2, 0.25) is 0 Å². The van der Waals surface area contributed by atoms with Crippen molar-refractivity contribution in [2.75, 3.05) is 13.1 Å². The van der Waals surface area contributed by atoms with Crippen LogP contribution in [0, 0.1) is 5.92 Å². The number of hydrogen-bond donors (Lipinski definition) is 3. The predicted molar refractivity (Wildman–Crippen MR) is 66.4 cm³/mol. The molecule has 0 amide bonds. The molecule has 0 radical (unpaired) electrons. The Morgan fingerprint density at radius 2 is 2.12 bits per heavy atom. The zero-order chi connectivity index (χ0) is 12.6. The molecule has 0 aromatic rings. The zero-order valence-corrected chi connectivity index (χ0v) is 10.8. The van der Waals surface area contributed by atoms with E-state index in [0.717, 1.165) is 12.8 Å². The highest BCUT2D eigenvalue weighted by Gasteiger charge is 2.36. The smallest absolute Gasteiger partial charge is 0.323 e. The summed E-state index contributed by atoms with van der Waals surface area (Å²) in [6.45, 7) is 7.37. The Hall–Kier alpha value is -0.610. The molecule has 96 valence electrons. The molecular weight excluding hydrogens is 204 g/mol. The minimum absolute atomic E-state index is 0.418. The summed E-state index contributed by atoms with van der Waals surface area (Å²) in [7, 11) is 0. The highest BCUT2D eigenvalue weighted by Crippen LogP contribution is 2.23. The van der Waals surface area contributed by atoms with Crippen molar-refractivity contribution in [3.63, 3.8) is 0 Å². The quantitative estimate of drug-likeness (QED) is 0.526. The van der Waals surface area contributed by atoms with Gasteiger partial charge in [0, 0.05) is 0 Å². The number of carboxylic acids is 1. The van der Waals surface area contributed by atoms with Crippen molar-refractivity contribution >= 4 is 5.97 Å². The van der Waals surface area contributed by atoms with Gasteiger partial charge in [-0.3, -0.25) is 4.79 Å². The first-order chi connectivity index (χ1) is 7.52. The molecule has 4 nitrogen and oxygen atoms in total. The van der Waals surface area contributed by atoms with Crippen LogP contribution in [0.5, 0.6) is 0 Å². The lowest BCUT2D eigenvalue weighted by atomic mass is 9.84. The summed E-state index contributed by atoms with van der Waals surface area (Å²) < 4.78 is 0. The molecule has 0 fully saturated rings. The maximum absolute atomic E-state index is 11.4. The van der Waals surface area contributed by atoms with Gasteiger partial charge in [0.25, 0.3) is 0 Å². The largest absolute Gasteiger partial charge is 0.480 e. The van der Waals surface area contributed by atoms with E-state index >= 15 is 0 Å². The van der Waals surface area contributed by atoms with E-state index in [1.807, 2.05) is 6.92 Å². The van der Waals surface area contributed by atoms with Crippen molar-refractivity contribution in [2.45, 2.75) is 52.0 Å². The summed E-state index contributed by atoms with van der Waals surface area (Å²) in [4.78, 5) is 11.4. The Bertz CT molecular complexity index is 209. The first-order valence-electron chi connectivity index (χ1n) is 6.20. The van der Waals surface area contributed by atoms with Gasteiger partial charge in [-0.25, -0.2) is 0 Å². The summed E-state index contributed by atoms with van der Waals surface area (Å²) in [5.41, 5.74) is 4.64. The third kappa shape index (κ3) is 4.49. The molecule has 4 heteroatoms. The summed E-state index contributed by atoms with van der Waals surface area (Å²) in [6, 6.07) is 0. The lowest BCUT2D eigenvalue weighted by Gasteiger charge is -2.32. The molecule has 0 aliphatic rings. The first kappa shape index (κ1) is 15.4. The average molecular weight is 230 g/mol. The van der Waals surface area contributed by atoms with Crippen LogP contribution in [0.25, 0.3) is 0 Å². The van der Waals surface area contributed by atoms with E-state index < -0.39 is 11.5 Å². The van der Waals surface area contributed by atoms with Crippen molar-refractivity contribution < 1.29 is 9.90 Å². The Balaban J connectivity index is 4.51. The number of hydrogen-bond acceptors (Lipinski definition) is 3. The number of aliphatic carboxylic acids is 1. The van der Waals surface area contributed by atoms with Gasteiger partial charge in [0.15, 0.2) is 0 Å². The molecule has 0 saturated heterocycles. The molecule has 0 heterocycles. The van der Waals surface area contributed by atoms with E-state index in [4.69, 9.17) is 5.73 Å². The summed E-state index contributed by atoms with van der Waals surface area (Å²) in [6.07, 6.45) is 3.11. The molecule has 2 unspecified atom stereocenters. The second-order valence-electron chi connectivity index (χ2n) is 4.53. The summed E-state index contributed by atoms with van der Waals surface area (Å²) in [5.74, 6) is -0.325. The second kappa shape index (κ2) is 7.63. The maximum atomic E-state index is 11.4. The fourth-order valence-electron chi connectivity index (χ4n) is 1.82. The van der Waals surface area contributed by atoms with Gasteiger partial charge < -0.3 is 16.2 Å². The molecule has 2 atom stereocenters. The van der Waals surface area contributed by atoms with Gasteiger partial charge in [0.1, 0.15) is 5.54 Å². The van der Waals surface area contributed by atoms with E-state index in [9.17, 15) is 9.90 Å². The van der Waals surface area contributed by atoms with E-state index in [1.165, 1.54) is 0 Å². The number of carboxylic acid groups (broad SMARTS) is 1. The molecule has 0 rings (SSSR count). The maximum Gasteiger partial charge on any atom is 0.323 e. The van der Waals surface area contributed by atoms with Gasteiger partial charge in [0.05, 0.1) is 0 Å². The third-order valence-electron chi connectivity index (χ3n) is 3.25. The van der Waals surface area contributed by atoms with Gasteiger partial charge in [-0.1, -0.05) is 27.2 Å². The number of carbonyl (C=O) groups is 1. The fraction of sp³-hybridized carbons (Fsp3) is 0.917. The monoisotopic (exact) mass is 230 g/mol. The van der Waals surface area contributed by atoms with Crippen molar-refractivity contribution in [1.82, 2.24) is 5.32 Å². The Morgan fingerprint density at radius 3 is 2.50 bits per heavy atom. The van der Waals surface area contributed by atoms with Crippen LogP contribution in [0.3, 0.4) is 0 Å². The van der Waals surface area contributed by atoms with E-state index in [-0.39, 0.29) is 0 Å². The Kier molecular flexibility index (Phi) is 7.34. The topological polar surface area (TPSA) is 75.3 Å². The van der Waals surface area contributed by atoms with Crippen molar-refractivity contribution in [1.29, 1.82) is 0 Å². The van der Waals surface area contributed by atoms with Crippen molar-refractivity contribution in [3.8, 4) is 0 Å². The molecule has 0 aliphatic carbocycles. The van der Waals surface area contributed by atoms with Gasteiger partial charge in [-0.15, -0.1) is 0 Å². The van der Waals surface area contributed by atoms with Crippen LogP contribution in [-0.4, -0.2) is 29.7 Å². The third-order valence-corrected chi connectivity index (χ3v) is 3.25. The normalized spacial score (nSPS) is 16.8. The molecule has 0 spiro atoms. The van der Waals surface area contributed by atoms with Crippen LogP contribution >= 0.6 is 0 Å². The molecule has 0 aromatic heterocycles. The van der Waals surface area contributed by atoms with Crippen LogP contribution in [0.1, 0.15) is 46.5 Å². The van der Waals surface area contributed by atoms with Crippen LogP contribution in [0.4, 0.5) is 0 Å². The lowest BCUT2D eigenvalue weighted by molar-refractivity contribution is -0.146. The molecular formula is C12H26N2O2. The number of nitrogens with two attached hydrogens (primary N) is 1. The van der Waals surface area contributed by atoms with Crippen molar-refractivity contribution in [2.24, 2.45) is 11.7 Å². The van der Waals surface area contributed by atoms with E-state index in [1.54, 1.807) is 0 Å². The first-order valence-corrected chi connectivity index (χ1v) is 6.20. The highest BCUT2D eigenvalue weighted by molar-refractivity contribution is 5.78. The summed E-state index contributed by atoms with van der Waals surface area (Å²) in [5, 5.41) is 12.5. The summed E-state index contributed by atoms with van der Waals surface area (Å²) >= 11 is 0. The Labute approximate surface area is 98.6 Å². The average Bonchev–Trinajstić information content (AvgIpc) is 2.27. The SMILES string of the molecule is CCC(C)CC(CC)(NCCCN)C(=O)O. The van der Waals surface area contributed by atoms with Crippen LogP contribution in [0.15, 0.2) is 0 Å². The highest BCUT2D eigenvalue weighted by atomic mass is 16.4. The molecule has 0 aromatic carbocycles. The molecule has 0 bridgehead atoms. The molecule has 0 saturated carbocycles. The van der Waals surface area contributed by atoms with Crippen LogP contribution < -0.4 is 11.1 Å². The van der Waals surface area contributed by atoms with Crippen molar-refractivity contribution in [3.05, 3.63) is 0 Å². The van der Waals surface area contributed by atoms with Gasteiger partial charge >= 0.3 is 5.97 Å². The lowest BCUT2D eigenvalue weighted by Crippen LogP contribution is -2.53. The van der Waals surface area contributed by atoms with Gasteiger partial charge in [-0.05, 0) is 38.3 Å². The number of rotatable bonds is 9. The fourth-order valence-corrected chi connectivity index (χ4v) is 1.82. The minimum Gasteiger partial charge on any atom is -0.480 e. The number of nitrogens with one attached hydrogen (secondary N) is 1. The van der Waals surface area contributed by atoms with E-state index in [0.29, 0.717) is 31.8 Å². The molecule has 4 N–H and O–H groups in total. The van der Waals surface area contributed by atoms with Crippen LogP contribution in [0.2, 0.25) is 0 Å². The molecule has 0 aliphatic heterocycles. The van der Waals surface area contributed by atoms with E-state index in [2.05, 4.69) is 19.2 Å². The van der Waals surface area contributed by atoms with Crippen LogP contribution in [-0.2, 0) is 4.79 Å². The second-order valence-corrected chi connectivity index (χ2v) is 4.53. The predicted octanol–water partition coefficient (Wildman–Crippen LogP) is 1.59. The Morgan fingerprint density at radius 1 is 1.50 bits per heavy atom.